The molecule has 0 radical (unpaired) electrons. The average Bonchev–Trinajstić information content (AvgIpc) is 2.77. The highest BCUT2D eigenvalue weighted by Crippen LogP contribution is 2.29. The van der Waals surface area contributed by atoms with E-state index in [1.165, 1.54) is 0 Å². The van der Waals surface area contributed by atoms with Crippen molar-refractivity contribution in [1.29, 1.82) is 0 Å². The summed E-state index contributed by atoms with van der Waals surface area (Å²) in [5.41, 5.74) is 4.12. The van der Waals surface area contributed by atoms with Crippen LogP contribution in [0.4, 0.5) is 10.5 Å². The van der Waals surface area contributed by atoms with E-state index in [0.29, 0.717) is 11.3 Å². The van der Waals surface area contributed by atoms with Gasteiger partial charge in [-0.2, -0.15) is 0 Å². The number of alkyl carbamates (subject to hydrolysis) is 1. The van der Waals surface area contributed by atoms with E-state index in [2.05, 4.69) is 16.7 Å². The van der Waals surface area contributed by atoms with Crippen LogP contribution in [-0.4, -0.2) is 34.5 Å². The topological polar surface area (TPSA) is 87.7 Å². The zero-order valence-corrected chi connectivity index (χ0v) is 23.4. The molecule has 2 atom stereocenters. The minimum absolute atomic E-state index is 0.322. The first-order valence-corrected chi connectivity index (χ1v) is 12.4. The van der Waals surface area contributed by atoms with Crippen LogP contribution in [0.3, 0.4) is 0 Å². The molecular weight excluding hydrogens is 466 g/mol. The summed E-state index contributed by atoms with van der Waals surface area (Å²) in [5.74, 6) is -1.35. The lowest BCUT2D eigenvalue weighted by Gasteiger charge is -2.32. The normalized spacial score (nSPS) is 12.8. The van der Waals surface area contributed by atoms with Gasteiger partial charge in [0.25, 0.3) is 11.8 Å². The van der Waals surface area contributed by atoms with E-state index in [1.54, 1.807) is 34.6 Å². The molecular formula is C30H39N3O4. The fraction of sp³-hybridized carbons (Fsp3) is 0.433. The average molecular weight is 506 g/mol. The number of carbonyl (C=O) groups is 3. The highest BCUT2D eigenvalue weighted by atomic mass is 16.6. The minimum Gasteiger partial charge on any atom is -0.444 e. The van der Waals surface area contributed by atoms with Crippen molar-refractivity contribution >= 4 is 23.6 Å². The van der Waals surface area contributed by atoms with Crippen LogP contribution in [0.2, 0.25) is 0 Å². The minimum atomic E-state index is -1.13. The number of anilines is 1. The van der Waals surface area contributed by atoms with Gasteiger partial charge in [0.05, 0.1) is 0 Å². The Hall–Kier alpha value is -3.79. The summed E-state index contributed by atoms with van der Waals surface area (Å²) in [5, 5.41) is 5.63. The fourth-order valence-corrected chi connectivity index (χ4v) is 4.10. The zero-order valence-electron chi connectivity index (χ0n) is 23.4. The van der Waals surface area contributed by atoms with Gasteiger partial charge >= 0.3 is 6.09 Å². The van der Waals surface area contributed by atoms with Gasteiger partial charge in [-0.3, -0.25) is 14.5 Å². The number of para-hydroxylation sites is 1. The van der Waals surface area contributed by atoms with Crippen molar-refractivity contribution in [1.82, 2.24) is 10.2 Å². The first-order chi connectivity index (χ1) is 17.2. The summed E-state index contributed by atoms with van der Waals surface area (Å²) in [6, 6.07) is 11.6. The van der Waals surface area contributed by atoms with Crippen molar-refractivity contribution in [2.24, 2.45) is 5.92 Å². The lowest BCUT2D eigenvalue weighted by atomic mass is 9.95. The third-order valence-electron chi connectivity index (χ3n) is 5.94. The molecule has 2 N–H and O–H groups in total. The Morgan fingerprint density at radius 3 is 2.05 bits per heavy atom. The van der Waals surface area contributed by atoms with Crippen molar-refractivity contribution < 1.29 is 19.1 Å². The first-order valence-electron chi connectivity index (χ1n) is 12.4. The third-order valence-corrected chi connectivity index (χ3v) is 5.94. The van der Waals surface area contributed by atoms with E-state index in [1.807, 2.05) is 64.1 Å². The number of terminal acetylenes is 1. The van der Waals surface area contributed by atoms with Gasteiger partial charge in [-0.05, 0) is 76.6 Å². The van der Waals surface area contributed by atoms with Crippen molar-refractivity contribution in [2.75, 3.05) is 5.32 Å². The summed E-state index contributed by atoms with van der Waals surface area (Å²) < 4.78 is 5.36. The second-order valence-electron chi connectivity index (χ2n) is 10.7. The summed E-state index contributed by atoms with van der Waals surface area (Å²) in [4.78, 5) is 41.3. The second kappa shape index (κ2) is 12.0. The predicted molar refractivity (Wildman–Crippen MR) is 147 cm³/mol. The van der Waals surface area contributed by atoms with E-state index in [-0.39, 0.29) is 5.92 Å². The number of nitrogens with one attached hydrogen (secondary N) is 2. The van der Waals surface area contributed by atoms with Crippen molar-refractivity contribution in [3.05, 3.63) is 64.2 Å². The van der Waals surface area contributed by atoms with Crippen molar-refractivity contribution in [3.8, 4) is 12.5 Å². The van der Waals surface area contributed by atoms with Crippen LogP contribution in [0.25, 0.3) is 0 Å². The fourth-order valence-electron chi connectivity index (χ4n) is 4.10. The van der Waals surface area contributed by atoms with E-state index >= 15 is 0 Å². The Bertz CT molecular complexity index is 1180. The molecule has 0 saturated carbocycles. The zero-order chi connectivity index (χ0) is 28.1. The predicted octanol–water partition coefficient (Wildman–Crippen LogP) is 5.57. The molecule has 0 heterocycles. The highest BCUT2D eigenvalue weighted by molar-refractivity contribution is 6.00. The van der Waals surface area contributed by atoms with Gasteiger partial charge in [0.2, 0.25) is 0 Å². The summed E-state index contributed by atoms with van der Waals surface area (Å²) >= 11 is 0. The molecule has 2 aromatic carbocycles. The number of aryl methyl sites for hydroxylation is 4. The number of carbonyl (C=O) groups excluding carboxylic acids is 3. The van der Waals surface area contributed by atoms with Gasteiger partial charge in [-0.15, -0.1) is 0 Å². The van der Waals surface area contributed by atoms with E-state index < -0.39 is 35.6 Å². The van der Waals surface area contributed by atoms with Crippen molar-refractivity contribution in [3.63, 3.8) is 0 Å². The van der Waals surface area contributed by atoms with Gasteiger partial charge < -0.3 is 15.4 Å². The third kappa shape index (κ3) is 7.60. The lowest BCUT2D eigenvalue weighted by Crippen LogP contribution is -2.53. The molecule has 2 rings (SSSR count). The molecule has 0 aliphatic rings. The first kappa shape index (κ1) is 29.4. The SMILES string of the molecule is C#CN(C(=O)C(NC(=O)OC(C)(C)C)C(C)C)C(C(=O)Nc1c(C)cccc1C)c1ccc(C)cc1C. The number of hydrogen-bond donors (Lipinski definition) is 2. The number of nitrogens with zero attached hydrogens (tertiary/aromatic N) is 1. The van der Waals surface area contributed by atoms with Crippen LogP contribution in [0.15, 0.2) is 36.4 Å². The lowest BCUT2D eigenvalue weighted by molar-refractivity contribution is -0.137. The maximum Gasteiger partial charge on any atom is 0.408 e. The molecule has 0 bridgehead atoms. The molecule has 198 valence electrons. The Balaban J connectivity index is 2.55. The summed E-state index contributed by atoms with van der Waals surface area (Å²) in [6.07, 6.45) is 5.15. The second-order valence-corrected chi connectivity index (χ2v) is 10.7. The van der Waals surface area contributed by atoms with Gasteiger partial charge in [0.15, 0.2) is 0 Å². The summed E-state index contributed by atoms with van der Waals surface area (Å²) in [7, 11) is 0. The van der Waals surface area contributed by atoms with Gasteiger partial charge in [0, 0.05) is 11.7 Å². The monoisotopic (exact) mass is 505 g/mol. The largest absolute Gasteiger partial charge is 0.444 e. The number of ether oxygens (including phenoxy) is 1. The molecule has 7 nitrogen and oxygen atoms in total. The van der Waals surface area contributed by atoms with Crippen molar-refractivity contribution in [2.45, 2.75) is 80.0 Å². The van der Waals surface area contributed by atoms with Crippen LogP contribution in [0, 0.1) is 46.1 Å². The molecule has 2 aromatic rings. The van der Waals surface area contributed by atoms with Gasteiger partial charge in [-0.1, -0.05) is 62.2 Å². The van der Waals surface area contributed by atoms with Gasteiger partial charge in [0.1, 0.15) is 17.7 Å². The van der Waals surface area contributed by atoms with E-state index in [0.717, 1.165) is 27.2 Å². The summed E-state index contributed by atoms with van der Waals surface area (Å²) in [6.45, 7) is 16.4. The Kier molecular flexibility index (Phi) is 9.52. The van der Waals surface area contributed by atoms with Crippen LogP contribution in [-0.2, 0) is 14.3 Å². The standard InChI is InChI=1S/C30H39N3O4/c1-11-33(28(35)24(18(2)3)32-29(36)37-30(8,9)10)26(23-16-15-19(4)17-22(23)7)27(34)31-25-20(5)13-12-14-21(25)6/h1,12-18,24,26H,2-10H3,(H,31,34)(H,32,36). The van der Waals surface area contributed by atoms with E-state index in [9.17, 15) is 14.4 Å². The van der Waals surface area contributed by atoms with Gasteiger partial charge in [-0.25, -0.2) is 4.79 Å². The number of amides is 3. The molecule has 0 spiro atoms. The maximum atomic E-state index is 13.8. The smallest absolute Gasteiger partial charge is 0.408 e. The Labute approximate surface area is 221 Å². The number of rotatable bonds is 7. The highest BCUT2D eigenvalue weighted by Gasteiger charge is 2.38. The molecule has 0 aliphatic heterocycles. The Morgan fingerprint density at radius 2 is 1.57 bits per heavy atom. The molecule has 7 heteroatoms. The number of hydrogen-bond acceptors (Lipinski definition) is 4. The molecule has 0 fully saturated rings. The van der Waals surface area contributed by atoms with Crippen LogP contribution >= 0.6 is 0 Å². The van der Waals surface area contributed by atoms with Crippen LogP contribution in [0.1, 0.15) is 68.5 Å². The molecule has 0 aliphatic carbocycles. The van der Waals surface area contributed by atoms with Crippen LogP contribution in [0.5, 0.6) is 0 Å². The molecule has 0 aromatic heterocycles. The van der Waals surface area contributed by atoms with Crippen LogP contribution < -0.4 is 10.6 Å². The molecule has 0 saturated heterocycles. The molecule has 3 amide bonds. The quantitative estimate of drug-likeness (QED) is 0.380. The Morgan fingerprint density at radius 1 is 0.973 bits per heavy atom. The maximum absolute atomic E-state index is 13.8. The van der Waals surface area contributed by atoms with E-state index in [4.69, 9.17) is 11.2 Å². The molecule has 2 unspecified atom stereocenters. The number of benzene rings is 2. The molecule has 37 heavy (non-hydrogen) atoms.